The Morgan fingerprint density at radius 3 is 2.66 bits per heavy atom. The number of ether oxygens (including phenoxy) is 1. The van der Waals surface area contributed by atoms with Crippen LogP contribution in [0.5, 0.6) is 5.75 Å². The lowest BCUT2D eigenvalue weighted by Crippen LogP contribution is -2.42. The van der Waals surface area contributed by atoms with E-state index < -0.39 is 5.24 Å². The van der Waals surface area contributed by atoms with Crippen molar-refractivity contribution < 1.29 is 23.5 Å². The fourth-order valence-corrected chi connectivity index (χ4v) is 6.37. The second-order valence-corrected chi connectivity index (χ2v) is 11.4. The standard InChI is InChI=1S/C26H25N5O4S.C3H3ClO/c1-3-22(32)30-10-9-26(14-30)11-16(12-26)31-17-5-4-6-18(34-2)23(17)28-25(31)29-24(33)21-8-7-20(36-21)19-13-27-15-35-19;1-2-3(4)5/h3-8,13,15-16H,1,9-12,14H2,2H3,(H,28,29,33);2H,1H2. The lowest BCUT2D eigenvalue weighted by Gasteiger charge is -2.46. The summed E-state index contributed by atoms with van der Waals surface area (Å²) in [5.41, 5.74) is 1.72. The van der Waals surface area contributed by atoms with Crippen molar-refractivity contribution >= 4 is 57.0 Å². The van der Waals surface area contributed by atoms with Crippen molar-refractivity contribution in [3.63, 3.8) is 0 Å². The first-order valence-corrected chi connectivity index (χ1v) is 14.0. The summed E-state index contributed by atoms with van der Waals surface area (Å²) < 4.78 is 13.0. The molecule has 4 heterocycles. The quantitative estimate of drug-likeness (QED) is 0.216. The average molecular weight is 594 g/mol. The molecule has 0 bridgehead atoms. The number of carbonyl (C=O) groups excluding carboxylic acids is 3. The van der Waals surface area contributed by atoms with Gasteiger partial charge in [-0.25, -0.2) is 9.97 Å². The van der Waals surface area contributed by atoms with Gasteiger partial charge in [-0.15, -0.1) is 11.3 Å². The minimum absolute atomic E-state index is 0.0123. The van der Waals surface area contributed by atoms with Crippen molar-refractivity contribution in [2.75, 3.05) is 25.5 Å². The molecule has 10 nitrogen and oxygen atoms in total. The third kappa shape index (κ3) is 5.68. The summed E-state index contributed by atoms with van der Waals surface area (Å²) in [6.07, 6.45) is 8.21. The number of halogens is 1. The summed E-state index contributed by atoms with van der Waals surface area (Å²) in [6, 6.07) is 9.57. The van der Waals surface area contributed by atoms with Crippen LogP contribution >= 0.6 is 22.9 Å². The zero-order valence-electron chi connectivity index (χ0n) is 22.3. The van der Waals surface area contributed by atoms with Crippen LogP contribution < -0.4 is 10.1 Å². The molecule has 4 aromatic rings. The third-order valence-corrected chi connectivity index (χ3v) is 8.67. The van der Waals surface area contributed by atoms with Crippen molar-refractivity contribution in [1.29, 1.82) is 0 Å². The lowest BCUT2D eigenvalue weighted by molar-refractivity contribution is -0.125. The monoisotopic (exact) mass is 593 g/mol. The number of nitrogens with one attached hydrogen (secondary N) is 1. The molecule has 2 fully saturated rings. The third-order valence-electron chi connectivity index (χ3n) is 7.42. The molecule has 1 aliphatic carbocycles. The highest BCUT2D eigenvalue weighted by atomic mass is 35.5. The van der Waals surface area contributed by atoms with Gasteiger partial charge in [0.2, 0.25) is 17.1 Å². The molecule has 212 valence electrons. The van der Waals surface area contributed by atoms with Crippen molar-refractivity contribution in [2.24, 2.45) is 5.41 Å². The molecular formula is C29H28ClN5O5S. The smallest absolute Gasteiger partial charge is 0.268 e. The molecule has 1 N–H and O–H groups in total. The van der Waals surface area contributed by atoms with Crippen LogP contribution in [0.3, 0.4) is 0 Å². The highest BCUT2D eigenvalue weighted by molar-refractivity contribution is 7.17. The Bertz CT molecular complexity index is 1620. The van der Waals surface area contributed by atoms with Crippen molar-refractivity contribution in [3.05, 3.63) is 73.1 Å². The summed E-state index contributed by atoms with van der Waals surface area (Å²) in [7, 11) is 1.62. The maximum absolute atomic E-state index is 13.2. The SMILES string of the molecule is C=CC(=O)Cl.C=CC(=O)N1CCC2(CC(n3c(NC(=O)c4ccc(-c5cnco5)s4)nc4c(OC)cccc43)C2)C1. The molecule has 41 heavy (non-hydrogen) atoms. The maximum Gasteiger partial charge on any atom is 0.268 e. The summed E-state index contributed by atoms with van der Waals surface area (Å²) in [4.78, 5) is 46.8. The van der Waals surface area contributed by atoms with Gasteiger partial charge >= 0.3 is 0 Å². The van der Waals surface area contributed by atoms with Gasteiger partial charge in [0.15, 0.2) is 12.2 Å². The Balaban J connectivity index is 0.000000623. The Morgan fingerprint density at radius 1 is 1.22 bits per heavy atom. The van der Waals surface area contributed by atoms with E-state index in [0.717, 1.165) is 48.8 Å². The van der Waals surface area contributed by atoms with Crippen LogP contribution in [-0.2, 0) is 9.59 Å². The van der Waals surface area contributed by atoms with E-state index in [2.05, 4.69) is 28.0 Å². The zero-order chi connectivity index (χ0) is 29.1. The van der Waals surface area contributed by atoms with E-state index in [4.69, 9.17) is 25.7 Å². The van der Waals surface area contributed by atoms with Crippen molar-refractivity contribution in [1.82, 2.24) is 19.4 Å². The fourth-order valence-electron chi connectivity index (χ4n) is 5.51. The molecule has 3 aromatic heterocycles. The second-order valence-electron chi connectivity index (χ2n) is 9.90. The normalized spacial score (nSPS) is 19.3. The van der Waals surface area contributed by atoms with Crippen LogP contribution in [0.1, 0.15) is 35.0 Å². The van der Waals surface area contributed by atoms with E-state index in [1.807, 2.05) is 29.2 Å². The summed E-state index contributed by atoms with van der Waals surface area (Å²) >= 11 is 6.04. The number of fused-ring (bicyclic) bond motifs is 1. The van der Waals surface area contributed by atoms with E-state index in [-0.39, 0.29) is 23.3 Å². The number of para-hydroxylation sites is 1. The molecule has 1 saturated carbocycles. The Kier molecular flexibility index (Phi) is 8.09. The van der Waals surface area contributed by atoms with Gasteiger partial charge in [-0.3, -0.25) is 19.7 Å². The first-order chi connectivity index (χ1) is 19.8. The Morgan fingerprint density at radius 2 is 2.00 bits per heavy atom. The number of oxazole rings is 1. The fraction of sp³-hybridized carbons (Fsp3) is 0.276. The number of aromatic nitrogens is 3. The van der Waals surface area contributed by atoms with Gasteiger partial charge in [0.1, 0.15) is 11.3 Å². The van der Waals surface area contributed by atoms with Crippen molar-refractivity contribution in [2.45, 2.75) is 25.3 Å². The molecule has 1 aliphatic heterocycles. The molecular weight excluding hydrogens is 566 g/mol. The number of benzene rings is 1. The average Bonchev–Trinajstić information content (AvgIpc) is 3.76. The molecule has 0 unspecified atom stereocenters. The number of likely N-dealkylation sites (tertiary alicyclic amines) is 1. The predicted molar refractivity (Wildman–Crippen MR) is 157 cm³/mol. The first kappa shape index (κ1) is 28.3. The van der Waals surface area contributed by atoms with Gasteiger partial charge in [0, 0.05) is 19.1 Å². The Hall–Kier alpha value is -4.22. The van der Waals surface area contributed by atoms with E-state index in [9.17, 15) is 14.4 Å². The summed E-state index contributed by atoms with van der Waals surface area (Å²) in [5.74, 6) is 1.52. The van der Waals surface area contributed by atoms with Crippen LogP contribution in [0.15, 0.2) is 72.6 Å². The van der Waals surface area contributed by atoms with Gasteiger partial charge in [0.25, 0.3) is 5.91 Å². The van der Waals surface area contributed by atoms with Gasteiger partial charge in [-0.1, -0.05) is 19.2 Å². The molecule has 1 aromatic carbocycles. The zero-order valence-corrected chi connectivity index (χ0v) is 23.9. The lowest BCUT2D eigenvalue weighted by atomic mass is 9.65. The number of allylic oxidation sites excluding steroid dienone is 1. The van der Waals surface area contributed by atoms with Gasteiger partial charge < -0.3 is 18.6 Å². The molecule has 2 amide bonds. The molecule has 1 saturated heterocycles. The maximum atomic E-state index is 13.2. The van der Waals surface area contributed by atoms with E-state index in [0.29, 0.717) is 27.9 Å². The van der Waals surface area contributed by atoms with E-state index >= 15 is 0 Å². The number of hydrogen-bond acceptors (Lipinski definition) is 8. The number of nitrogens with zero attached hydrogens (tertiary/aromatic N) is 4. The summed E-state index contributed by atoms with van der Waals surface area (Å²) in [6.45, 7) is 8.20. The van der Waals surface area contributed by atoms with Crippen LogP contribution in [0, 0.1) is 5.41 Å². The van der Waals surface area contributed by atoms with Gasteiger partial charge in [-0.05, 0) is 72.7 Å². The first-order valence-electron chi connectivity index (χ1n) is 12.9. The molecule has 6 rings (SSSR count). The number of hydrogen-bond donors (Lipinski definition) is 1. The number of rotatable bonds is 7. The Labute approximate surface area is 245 Å². The number of anilines is 1. The molecule has 12 heteroatoms. The van der Waals surface area contributed by atoms with Crippen LogP contribution in [-0.4, -0.2) is 56.7 Å². The van der Waals surface area contributed by atoms with Gasteiger partial charge in [-0.2, -0.15) is 0 Å². The molecule has 1 spiro atoms. The van der Waals surface area contributed by atoms with E-state index in [1.54, 1.807) is 19.4 Å². The number of imidazole rings is 1. The topological polar surface area (TPSA) is 120 Å². The largest absolute Gasteiger partial charge is 0.494 e. The van der Waals surface area contributed by atoms with Crippen LogP contribution in [0.2, 0.25) is 0 Å². The number of methoxy groups -OCH3 is 1. The predicted octanol–water partition coefficient (Wildman–Crippen LogP) is 5.69. The highest BCUT2D eigenvalue weighted by Gasteiger charge is 2.50. The number of thiophene rings is 1. The molecule has 0 radical (unpaired) electrons. The highest BCUT2D eigenvalue weighted by Crippen LogP contribution is 2.55. The summed E-state index contributed by atoms with van der Waals surface area (Å²) in [5, 5.41) is 2.52. The second kappa shape index (κ2) is 11.7. The van der Waals surface area contributed by atoms with Crippen LogP contribution in [0.25, 0.3) is 21.7 Å². The van der Waals surface area contributed by atoms with Gasteiger partial charge in [0.05, 0.1) is 28.6 Å². The minimum Gasteiger partial charge on any atom is -0.494 e. The van der Waals surface area contributed by atoms with E-state index in [1.165, 1.54) is 23.8 Å². The van der Waals surface area contributed by atoms with Crippen LogP contribution in [0.4, 0.5) is 5.95 Å². The van der Waals surface area contributed by atoms with Crippen molar-refractivity contribution in [3.8, 4) is 16.4 Å². The molecule has 2 aliphatic rings. The molecule has 0 atom stereocenters. The number of carbonyl (C=O) groups is 3. The minimum atomic E-state index is -0.509. The number of amides is 2.